The van der Waals surface area contributed by atoms with Crippen LogP contribution in [-0.4, -0.2) is 78.3 Å². The van der Waals surface area contributed by atoms with Crippen molar-refractivity contribution < 1.29 is 27.1 Å². The number of carbonyl (C=O) groups excluding carboxylic acids is 1. The largest absolute Gasteiger partial charge is 0.395 e. The molecule has 222 valence electrons. The summed E-state index contributed by atoms with van der Waals surface area (Å²) in [6, 6.07) is 4.70. The number of hydrogen-bond acceptors (Lipinski definition) is 8. The Kier molecular flexibility index (Phi) is 7.81. The Hall–Kier alpha value is -3.52. The summed E-state index contributed by atoms with van der Waals surface area (Å²) >= 11 is 0. The third-order valence-corrected chi connectivity index (χ3v) is 8.99. The molecule has 0 bridgehead atoms. The Bertz CT molecular complexity index is 1520. The van der Waals surface area contributed by atoms with Crippen LogP contribution in [0, 0.1) is 5.41 Å². The number of aromatic nitrogens is 3. The molecule has 4 heterocycles. The quantitative estimate of drug-likeness (QED) is 0.362. The predicted octanol–water partition coefficient (Wildman–Crippen LogP) is 3.58. The van der Waals surface area contributed by atoms with Gasteiger partial charge in [-0.2, -0.15) is 0 Å². The third-order valence-electron chi connectivity index (χ3n) is 7.73. The summed E-state index contributed by atoms with van der Waals surface area (Å²) < 4.78 is 56.3. The van der Waals surface area contributed by atoms with E-state index in [-0.39, 0.29) is 42.9 Å². The van der Waals surface area contributed by atoms with Crippen molar-refractivity contribution in [1.29, 1.82) is 0 Å². The molecule has 2 aromatic heterocycles. The van der Waals surface area contributed by atoms with Crippen LogP contribution in [0.4, 0.5) is 31.8 Å². The fourth-order valence-corrected chi connectivity index (χ4v) is 6.00. The number of sulfonamides is 1. The van der Waals surface area contributed by atoms with E-state index in [1.807, 2.05) is 0 Å². The van der Waals surface area contributed by atoms with Crippen molar-refractivity contribution in [3.63, 3.8) is 0 Å². The molecule has 0 atom stereocenters. The van der Waals surface area contributed by atoms with Gasteiger partial charge in [0.25, 0.3) is 11.8 Å². The molecular weight excluding hydrogens is 556 g/mol. The average Bonchev–Trinajstić information content (AvgIpc) is 3.37. The lowest BCUT2D eigenvalue weighted by molar-refractivity contribution is -0.0221. The Morgan fingerprint density at radius 3 is 2.44 bits per heavy atom. The lowest BCUT2D eigenvalue weighted by atomic mass is 9.82. The van der Waals surface area contributed by atoms with Crippen LogP contribution in [0.15, 0.2) is 36.8 Å². The van der Waals surface area contributed by atoms with Gasteiger partial charge in [-0.05, 0) is 36.5 Å². The normalized spacial score (nSPS) is 18.9. The molecule has 0 unspecified atom stereocenters. The topological polar surface area (TPSA) is 132 Å². The molecule has 2 aliphatic heterocycles. The highest BCUT2D eigenvalue weighted by Gasteiger charge is 2.35. The zero-order valence-electron chi connectivity index (χ0n) is 23.1. The van der Waals surface area contributed by atoms with Gasteiger partial charge in [-0.15, -0.1) is 0 Å². The maximum atomic E-state index is 13.8. The third kappa shape index (κ3) is 6.70. The number of amides is 1. The summed E-state index contributed by atoms with van der Waals surface area (Å²) in [5.41, 5.74) is 1.85. The van der Waals surface area contributed by atoms with Gasteiger partial charge in [0, 0.05) is 51.4 Å². The number of alkyl halides is 2. The van der Waals surface area contributed by atoms with Gasteiger partial charge in [-0.3, -0.25) is 9.52 Å². The van der Waals surface area contributed by atoms with Gasteiger partial charge in [0.1, 0.15) is 0 Å². The zero-order chi connectivity index (χ0) is 29.4. The van der Waals surface area contributed by atoms with Crippen molar-refractivity contribution in [3.05, 3.63) is 42.4 Å². The number of imidazole rings is 1. The van der Waals surface area contributed by atoms with Crippen LogP contribution in [0.2, 0.25) is 0 Å². The van der Waals surface area contributed by atoms with Crippen LogP contribution in [-0.2, 0) is 10.0 Å². The van der Waals surface area contributed by atoms with Gasteiger partial charge in [0.2, 0.25) is 10.0 Å². The number of aliphatic hydroxyl groups is 1. The maximum Gasteiger partial charge on any atom is 0.258 e. The van der Waals surface area contributed by atoms with Crippen molar-refractivity contribution >= 4 is 44.6 Å². The summed E-state index contributed by atoms with van der Waals surface area (Å²) in [4.78, 5) is 26.4. The van der Waals surface area contributed by atoms with Crippen molar-refractivity contribution in [2.75, 3.05) is 58.4 Å². The SMILES string of the molecule is CC1(C)CCN(c2cc(NS(=O)(=O)CCO)ccc2C(=O)Nc2cn3ccnc3c(N3CCC(F)(F)CC3)n2)CC1. The molecule has 3 aromatic rings. The lowest BCUT2D eigenvalue weighted by Crippen LogP contribution is -2.40. The fraction of sp³-hybridized carbons (Fsp3) is 0.519. The van der Waals surface area contributed by atoms with Crippen LogP contribution in [0.3, 0.4) is 0 Å². The van der Waals surface area contributed by atoms with Gasteiger partial charge in [-0.25, -0.2) is 27.2 Å². The summed E-state index contributed by atoms with van der Waals surface area (Å²) in [6.07, 6.45) is 6.10. The number of piperidine rings is 2. The second kappa shape index (κ2) is 11.0. The Morgan fingerprint density at radius 2 is 1.76 bits per heavy atom. The first-order valence-electron chi connectivity index (χ1n) is 13.6. The molecule has 0 spiro atoms. The van der Waals surface area contributed by atoms with E-state index in [1.165, 1.54) is 6.07 Å². The number of anilines is 4. The molecular formula is C27H35F2N7O4S. The minimum absolute atomic E-state index is 0.114. The minimum Gasteiger partial charge on any atom is -0.395 e. The molecule has 14 heteroatoms. The Labute approximate surface area is 237 Å². The summed E-state index contributed by atoms with van der Waals surface area (Å²) in [6.45, 7) is 5.46. The first kappa shape index (κ1) is 29.0. The lowest BCUT2D eigenvalue weighted by Gasteiger charge is -2.39. The first-order valence-corrected chi connectivity index (χ1v) is 15.3. The van der Waals surface area contributed by atoms with Crippen LogP contribution < -0.4 is 19.8 Å². The van der Waals surface area contributed by atoms with Gasteiger partial charge < -0.3 is 24.6 Å². The van der Waals surface area contributed by atoms with E-state index >= 15 is 0 Å². The van der Waals surface area contributed by atoms with Gasteiger partial charge in [0.15, 0.2) is 17.3 Å². The van der Waals surface area contributed by atoms with Crippen molar-refractivity contribution in [1.82, 2.24) is 14.4 Å². The summed E-state index contributed by atoms with van der Waals surface area (Å²) in [5.74, 6) is -2.96. The number of benzene rings is 1. The standard InChI is InChI=1S/C27H35F2N7O4S/c1-26(2)5-10-34(11-6-26)21-17-19(33-41(39,40)16-15-37)3-4-20(21)25(38)32-22-18-36-14-9-30-23(36)24(31-22)35-12-7-27(28,29)8-13-35/h3-4,9,14,17-18,33,37H,5-8,10-13,15-16H2,1-2H3,(H,32,38). The van der Waals surface area contributed by atoms with Crippen molar-refractivity contribution in [3.8, 4) is 0 Å². The van der Waals surface area contributed by atoms with Gasteiger partial charge in [-0.1, -0.05) is 13.8 Å². The number of hydrogen-bond donors (Lipinski definition) is 3. The highest BCUT2D eigenvalue weighted by molar-refractivity contribution is 7.92. The van der Waals surface area contributed by atoms with E-state index in [0.717, 1.165) is 12.8 Å². The monoisotopic (exact) mass is 591 g/mol. The molecule has 1 aromatic carbocycles. The summed E-state index contributed by atoms with van der Waals surface area (Å²) in [5, 5.41) is 11.9. The Morgan fingerprint density at radius 1 is 1.07 bits per heavy atom. The number of fused-ring (bicyclic) bond motifs is 1. The molecule has 0 saturated carbocycles. The molecule has 5 rings (SSSR count). The predicted molar refractivity (Wildman–Crippen MR) is 153 cm³/mol. The Balaban J connectivity index is 1.45. The van der Waals surface area contributed by atoms with E-state index < -0.39 is 34.2 Å². The van der Waals surface area contributed by atoms with Gasteiger partial charge in [0.05, 0.1) is 35.5 Å². The molecule has 3 N–H and O–H groups in total. The number of halogens is 2. The number of carbonyl (C=O) groups is 1. The second-order valence-corrected chi connectivity index (χ2v) is 13.3. The molecule has 1 amide bonds. The highest BCUT2D eigenvalue weighted by atomic mass is 32.2. The molecule has 2 fully saturated rings. The fourth-order valence-electron chi connectivity index (χ4n) is 5.17. The molecule has 0 radical (unpaired) electrons. The number of nitrogens with one attached hydrogen (secondary N) is 2. The number of nitrogens with zero attached hydrogens (tertiary/aromatic N) is 5. The molecule has 0 aliphatic carbocycles. The van der Waals surface area contributed by atoms with Gasteiger partial charge >= 0.3 is 0 Å². The average molecular weight is 592 g/mol. The highest BCUT2D eigenvalue weighted by Crippen LogP contribution is 2.36. The molecule has 11 nitrogen and oxygen atoms in total. The van der Waals surface area contributed by atoms with E-state index in [9.17, 15) is 22.0 Å². The van der Waals surface area contributed by atoms with Crippen LogP contribution >= 0.6 is 0 Å². The van der Waals surface area contributed by atoms with E-state index in [2.05, 4.69) is 38.8 Å². The minimum atomic E-state index is -3.76. The number of aliphatic hydroxyl groups excluding tert-OH is 1. The summed E-state index contributed by atoms with van der Waals surface area (Å²) in [7, 11) is -3.76. The van der Waals surface area contributed by atoms with E-state index in [0.29, 0.717) is 35.8 Å². The molecule has 2 saturated heterocycles. The van der Waals surface area contributed by atoms with E-state index in [4.69, 9.17) is 5.11 Å². The van der Waals surface area contributed by atoms with Crippen molar-refractivity contribution in [2.45, 2.75) is 45.5 Å². The molecule has 41 heavy (non-hydrogen) atoms. The van der Waals surface area contributed by atoms with E-state index in [1.54, 1.807) is 40.0 Å². The van der Waals surface area contributed by atoms with Crippen LogP contribution in [0.1, 0.15) is 49.9 Å². The zero-order valence-corrected chi connectivity index (χ0v) is 23.9. The smallest absolute Gasteiger partial charge is 0.258 e. The second-order valence-electron chi connectivity index (χ2n) is 11.4. The molecule has 2 aliphatic rings. The van der Waals surface area contributed by atoms with Crippen LogP contribution in [0.5, 0.6) is 0 Å². The first-order chi connectivity index (χ1) is 19.3. The maximum absolute atomic E-state index is 13.8. The van der Waals surface area contributed by atoms with Crippen molar-refractivity contribution in [2.24, 2.45) is 5.41 Å². The number of rotatable bonds is 8. The van der Waals surface area contributed by atoms with Crippen LogP contribution in [0.25, 0.3) is 5.65 Å².